The van der Waals surface area contributed by atoms with Crippen LogP contribution in [0.3, 0.4) is 0 Å². The molecule has 94 valence electrons. The van der Waals surface area contributed by atoms with E-state index in [1.807, 2.05) is 19.9 Å². The zero-order chi connectivity index (χ0) is 13.0. The molecule has 1 unspecified atom stereocenters. The van der Waals surface area contributed by atoms with Crippen LogP contribution in [0, 0.1) is 5.82 Å². The van der Waals surface area contributed by atoms with Crippen molar-refractivity contribution >= 4 is 5.91 Å². The van der Waals surface area contributed by atoms with Crippen LogP contribution in [0.15, 0.2) is 18.2 Å². The maximum atomic E-state index is 13.8. The number of carbonyl (C=O) groups excluding carboxylic acids is 1. The van der Waals surface area contributed by atoms with Gasteiger partial charge in [-0.3, -0.25) is 4.79 Å². The Bertz CT molecular complexity index is 401. The van der Waals surface area contributed by atoms with Crippen molar-refractivity contribution < 1.29 is 9.18 Å². The third kappa shape index (κ3) is 3.55. The van der Waals surface area contributed by atoms with Crippen molar-refractivity contribution in [2.45, 2.75) is 32.6 Å². The van der Waals surface area contributed by atoms with Gasteiger partial charge in [-0.2, -0.15) is 0 Å². The normalized spacial score (nSPS) is 12.3. The van der Waals surface area contributed by atoms with E-state index < -0.39 is 0 Å². The van der Waals surface area contributed by atoms with Crippen LogP contribution >= 0.6 is 0 Å². The first-order valence-electron chi connectivity index (χ1n) is 5.94. The second-order valence-corrected chi connectivity index (χ2v) is 4.63. The molecule has 1 amide bonds. The molecule has 1 rings (SSSR count). The molecular formula is C14H20FNO. The number of hydrogen-bond donors (Lipinski definition) is 0. The van der Waals surface area contributed by atoms with Crippen molar-refractivity contribution in [3.05, 3.63) is 35.1 Å². The maximum Gasteiger partial charge on any atom is 0.226 e. The standard InChI is InChI=1S/C14H20FNO/c1-5-10(2)12-7-6-11(8-13(12)15)9-14(17)16(3)4/h6-8,10H,5,9H2,1-4H3. The maximum absolute atomic E-state index is 13.8. The molecule has 0 aliphatic heterocycles. The minimum atomic E-state index is -0.205. The molecule has 0 N–H and O–H groups in total. The second kappa shape index (κ2) is 5.80. The Morgan fingerprint density at radius 2 is 2.06 bits per heavy atom. The summed E-state index contributed by atoms with van der Waals surface area (Å²) in [5.74, 6) is -0.00213. The molecule has 3 heteroatoms. The predicted octanol–water partition coefficient (Wildman–Crippen LogP) is 2.97. The number of benzene rings is 1. The van der Waals surface area contributed by atoms with Crippen LogP contribution in [0.25, 0.3) is 0 Å². The molecule has 1 aromatic carbocycles. The van der Waals surface area contributed by atoms with Gasteiger partial charge in [0.05, 0.1) is 6.42 Å². The van der Waals surface area contributed by atoms with Crippen LogP contribution in [0.2, 0.25) is 0 Å². The van der Waals surface area contributed by atoms with Gasteiger partial charge >= 0.3 is 0 Å². The Balaban J connectivity index is 2.86. The van der Waals surface area contributed by atoms with E-state index in [2.05, 4.69) is 0 Å². The van der Waals surface area contributed by atoms with Gasteiger partial charge in [-0.25, -0.2) is 4.39 Å². The Hall–Kier alpha value is -1.38. The summed E-state index contributed by atoms with van der Waals surface area (Å²) in [6.07, 6.45) is 1.16. The number of likely N-dealkylation sites (N-methyl/N-ethyl adjacent to an activating group) is 1. The Morgan fingerprint density at radius 1 is 1.41 bits per heavy atom. The summed E-state index contributed by atoms with van der Waals surface area (Å²) in [6.45, 7) is 4.04. The summed E-state index contributed by atoms with van der Waals surface area (Å²) in [5.41, 5.74) is 1.46. The van der Waals surface area contributed by atoms with Crippen molar-refractivity contribution in [2.24, 2.45) is 0 Å². The van der Waals surface area contributed by atoms with Crippen molar-refractivity contribution in [2.75, 3.05) is 14.1 Å². The third-order valence-electron chi connectivity index (χ3n) is 3.06. The molecule has 0 bridgehead atoms. The summed E-state index contributed by atoms with van der Waals surface area (Å²) in [6, 6.07) is 5.11. The van der Waals surface area contributed by atoms with E-state index in [1.165, 1.54) is 11.0 Å². The molecule has 0 saturated carbocycles. The molecule has 0 heterocycles. The van der Waals surface area contributed by atoms with Crippen molar-refractivity contribution in [3.63, 3.8) is 0 Å². The van der Waals surface area contributed by atoms with Gasteiger partial charge in [-0.1, -0.05) is 26.0 Å². The first-order chi connectivity index (χ1) is 7.95. The first-order valence-corrected chi connectivity index (χ1v) is 5.94. The Labute approximate surface area is 102 Å². The number of nitrogens with zero attached hydrogens (tertiary/aromatic N) is 1. The van der Waals surface area contributed by atoms with Gasteiger partial charge in [0.1, 0.15) is 5.82 Å². The van der Waals surface area contributed by atoms with Crippen LogP contribution in [0.4, 0.5) is 4.39 Å². The quantitative estimate of drug-likeness (QED) is 0.788. The fraction of sp³-hybridized carbons (Fsp3) is 0.500. The zero-order valence-electron chi connectivity index (χ0n) is 11.0. The molecule has 0 saturated heterocycles. The van der Waals surface area contributed by atoms with Crippen LogP contribution < -0.4 is 0 Å². The van der Waals surface area contributed by atoms with Gasteiger partial charge in [-0.05, 0) is 29.5 Å². The third-order valence-corrected chi connectivity index (χ3v) is 3.06. The topological polar surface area (TPSA) is 20.3 Å². The lowest BCUT2D eigenvalue weighted by Crippen LogP contribution is -2.23. The number of amides is 1. The minimum Gasteiger partial charge on any atom is -0.349 e. The van der Waals surface area contributed by atoms with Gasteiger partial charge in [-0.15, -0.1) is 0 Å². The Morgan fingerprint density at radius 3 is 2.53 bits per heavy atom. The largest absolute Gasteiger partial charge is 0.349 e. The highest BCUT2D eigenvalue weighted by Gasteiger charge is 2.11. The molecule has 0 aliphatic carbocycles. The second-order valence-electron chi connectivity index (χ2n) is 4.63. The smallest absolute Gasteiger partial charge is 0.226 e. The lowest BCUT2D eigenvalue weighted by atomic mass is 9.96. The van der Waals surface area contributed by atoms with Crippen molar-refractivity contribution in [1.82, 2.24) is 4.90 Å². The molecule has 1 atom stereocenters. The highest BCUT2D eigenvalue weighted by atomic mass is 19.1. The van der Waals surface area contributed by atoms with Gasteiger partial charge in [0.25, 0.3) is 0 Å². The Kier molecular flexibility index (Phi) is 4.67. The fourth-order valence-electron chi connectivity index (χ4n) is 1.63. The van der Waals surface area contributed by atoms with E-state index in [4.69, 9.17) is 0 Å². The monoisotopic (exact) mass is 237 g/mol. The molecule has 0 aromatic heterocycles. The number of rotatable bonds is 4. The van der Waals surface area contributed by atoms with Crippen LogP contribution in [0.1, 0.15) is 37.3 Å². The average Bonchev–Trinajstić information content (AvgIpc) is 2.28. The van der Waals surface area contributed by atoms with E-state index in [-0.39, 0.29) is 24.1 Å². The molecule has 0 aliphatic rings. The summed E-state index contributed by atoms with van der Waals surface area (Å²) in [4.78, 5) is 13.0. The van der Waals surface area contributed by atoms with Crippen molar-refractivity contribution in [3.8, 4) is 0 Å². The summed E-state index contributed by atoms with van der Waals surface area (Å²) >= 11 is 0. The molecular weight excluding hydrogens is 217 g/mol. The highest BCUT2D eigenvalue weighted by Crippen LogP contribution is 2.22. The number of carbonyl (C=O) groups is 1. The number of halogens is 1. The van der Waals surface area contributed by atoms with Gasteiger partial charge in [0.2, 0.25) is 5.91 Å². The average molecular weight is 237 g/mol. The zero-order valence-corrected chi connectivity index (χ0v) is 11.0. The van der Waals surface area contributed by atoms with Gasteiger partial charge in [0.15, 0.2) is 0 Å². The fourth-order valence-corrected chi connectivity index (χ4v) is 1.63. The molecule has 0 spiro atoms. The van der Waals surface area contributed by atoms with Crippen molar-refractivity contribution in [1.29, 1.82) is 0 Å². The molecule has 17 heavy (non-hydrogen) atoms. The van der Waals surface area contributed by atoms with Crippen LogP contribution in [-0.4, -0.2) is 24.9 Å². The summed E-state index contributed by atoms with van der Waals surface area (Å²) in [7, 11) is 3.40. The van der Waals surface area contributed by atoms with E-state index in [9.17, 15) is 9.18 Å². The molecule has 0 fully saturated rings. The summed E-state index contributed by atoms with van der Waals surface area (Å²) < 4.78 is 13.8. The number of hydrogen-bond acceptors (Lipinski definition) is 1. The summed E-state index contributed by atoms with van der Waals surface area (Å²) in [5, 5.41) is 0. The predicted molar refractivity (Wildman–Crippen MR) is 67.5 cm³/mol. The SMILES string of the molecule is CCC(C)c1ccc(CC(=O)N(C)C)cc1F. The van der Waals surface area contributed by atoms with Crippen LogP contribution in [0.5, 0.6) is 0 Å². The molecule has 2 nitrogen and oxygen atoms in total. The van der Waals surface area contributed by atoms with E-state index in [1.54, 1.807) is 20.2 Å². The molecule has 0 radical (unpaired) electrons. The lowest BCUT2D eigenvalue weighted by Gasteiger charge is -2.13. The lowest BCUT2D eigenvalue weighted by molar-refractivity contribution is -0.127. The van der Waals surface area contributed by atoms with E-state index >= 15 is 0 Å². The minimum absolute atomic E-state index is 0.0133. The van der Waals surface area contributed by atoms with Gasteiger partial charge < -0.3 is 4.90 Å². The highest BCUT2D eigenvalue weighted by molar-refractivity contribution is 5.78. The van der Waals surface area contributed by atoms with E-state index in [0.717, 1.165) is 17.5 Å². The van der Waals surface area contributed by atoms with Crippen LogP contribution in [-0.2, 0) is 11.2 Å². The molecule has 1 aromatic rings. The van der Waals surface area contributed by atoms with E-state index in [0.29, 0.717) is 0 Å². The first kappa shape index (κ1) is 13.7. The van der Waals surface area contributed by atoms with Gasteiger partial charge in [0, 0.05) is 14.1 Å².